The van der Waals surface area contributed by atoms with Crippen LogP contribution in [0.4, 0.5) is 0 Å². The molecule has 0 aromatic carbocycles. The fourth-order valence-electron chi connectivity index (χ4n) is 2.36. The van der Waals surface area contributed by atoms with Crippen molar-refractivity contribution in [2.75, 3.05) is 19.0 Å². The van der Waals surface area contributed by atoms with Gasteiger partial charge in [-0.3, -0.25) is 4.79 Å². The summed E-state index contributed by atoms with van der Waals surface area (Å²) in [6, 6.07) is 0.0937. The Morgan fingerprint density at radius 2 is 2.17 bits per heavy atom. The Kier molecular flexibility index (Phi) is 6.53. The second kappa shape index (κ2) is 7.41. The summed E-state index contributed by atoms with van der Waals surface area (Å²) in [5, 5.41) is 3.38. The number of rotatable bonds is 3. The van der Waals surface area contributed by atoms with Crippen LogP contribution in [0.3, 0.4) is 0 Å². The molecule has 1 atom stereocenters. The van der Waals surface area contributed by atoms with Gasteiger partial charge in [-0.1, -0.05) is 12.8 Å². The number of ketones is 1. The normalized spacial score (nSPS) is 24.8. The molecule has 0 aliphatic carbocycles. The first-order valence-electron chi connectivity index (χ1n) is 6.50. The third-order valence-electron chi connectivity index (χ3n) is 3.72. The van der Waals surface area contributed by atoms with Crippen LogP contribution < -0.4 is 5.32 Å². The van der Waals surface area contributed by atoms with Crippen LogP contribution in [0.15, 0.2) is 10.6 Å². The monoisotopic (exact) mass is 290 g/mol. The number of carbonyl (C=O) groups is 1. The fourth-order valence-corrected chi connectivity index (χ4v) is 3.34. The Balaban J connectivity index is 0.00000162. The van der Waals surface area contributed by atoms with Crippen molar-refractivity contribution in [3.63, 3.8) is 0 Å². The second-order valence-electron chi connectivity index (χ2n) is 4.94. The number of carbonyl (C=O) groups excluding carboxylic acids is 1. The lowest BCUT2D eigenvalue weighted by Crippen LogP contribution is -2.41. The molecule has 2 aliphatic rings. The van der Waals surface area contributed by atoms with E-state index in [0.29, 0.717) is 12.3 Å². The molecule has 0 aromatic rings. The first kappa shape index (κ1) is 15.9. The van der Waals surface area contributed by atoms with Gasteiger partial charge in [-0.25, -0.2) is 0 Å². The van der Waals surface area contributed by atoms with E-state index >= 15 is 0 Å². The van der Waals surface area contributed by atoms with E-state index in [-0.39, 0.29) is 18.4 Å². The predicted octanol–water partition coefficient (Wildman–Crippen LogP) is 2.77. The third kappa shape index (κ3) is 3.90. The largest absolute Gasteiger partial charge is 0.357 e. The van der Waals surface area contributed by atoms with Crippen molar-refractivity contribution >= 4 is 30.0 Å². The molecule has 0 radical (unpaired) electrons. The lowest BCUT2D eigenvalue weighted by molar-refractivity contribution is -0.121. The molecule has 1 unspecified atom stereocenters. The Hall–Kier alpha value is -0.190. The predicted molar refractivity (Wildman–Crippen MR) is 80.1 cm³/mol. The maximum absolute atomic E-state index is 12.2. The highest BCUT2D eigenvalue weighted by Crippen LogP contribution is 2.30. The van der Waals surface area contributed by atoms with Crippen LogP contribution in [0.5, 0.6) is 0 Å². The van der Waals surface area contributed by atoms with Crippen molar-refractivity contribution in [2.45, 2.75) is 45.6 Å². The summed E-state index contributed by atoms with van der Waals surface area (Å²) in [4.78, 5) is 15.8. The zero-order valence-electron chi connectivity index (χ0n) is 11.2. The Bertz CT molecular complexity index is 325. The summed E-state index contributed by atoms with van der Waals surface area (Å²) in [7, 11) is 0. The second-order valence-corrected chi connectivity index (χ2v) is 6.09. The molecule has 1 N–H and O–H groups in total. The standard InChI is InChI=1S/C13H22N2OS.ClH/c1-10-11(2)17-9-15(10)8-13(16)12-6-4-3-5-7-14-12;/h12,14H,3-9H2,1-2H3;1H. The van der Waals surface area contributed by atoms with Gasteiger partial charge in [0.15, 0.2) is 5.78 Å². The van der Waals surface area contributed by atoms with Crippen molar-refractivity contribution in [3.8, 4) is 0 Å². The number of hydrogen-bond acceptors (Lipinski definition) is 4. The molecule has 2 aliphatic heterocycles. The van der Waals surface area contributed by atoms with Crippen molar-refractivity contribution in [1.29, 1.82) is 0 Å². The summed E-state index contributed by atoms with van der Waals surface area (Å²) in [6.07, 6.45) is 4.67. The van der Waals surface area contributed by atoms with E-state index in [1.165, 1.54) is 29.9 Å². The van der Waals surface area contributed by atoms with Crippen LogP contribution in [0, 0.1) is 0 Å². The molecule has 3 nitrogen and oxygen atoms in total. The van der Waals surface area contributed by atoms with E-state index in [2.05, 4.69) is 24.1 Å². The molecular formula is C13H23ClN2OS. The molecule has 0 saturated carbocycles. The van der Waals surface area contributed by atoms with E-state index in [9.17, 15) is 4.79 Å². The minimum Gasteiger partial charge on any atom is -0.357 e. The number of hydrogen-bond donors (Lipinski definition) is 1. The lowest BCUT2D eigenvalue weighted by Gasteiger charge is -2.22. The summed E-state index contributed by atoms with van der Waals surface area (Å²) >= 11 is 1.84. The maximum Gasteiger partial charge on any atom is 0.168 e. The van der Waals surface area contributed by atoms with Crippen LogP contribution in [-0.4, -0.2) is 35.7 Å². The van der Waals surface area contributed by atoms with Crippen molar-refractivity contribution in [3.05, 3.63) is 10.6 Å². The molecular weight excluding hydrogens is 268 g/mol. The average Bonchev–Trinajstić information content (AvgIpc) is 2.59. The van der Waals surface area contributed by atoms with Gasteiger partial charge >= 0.3 is 0 Å². The Labute approximate surface area is 120 Å². The van der Waals surface area contributed by atoms with Crippen LogP contribution in [-0.2, 0) is 4.79 Å². The van der Waals surface area contributed by atoms with Crippen molar-refractivity contribution in [2.24, 2.45) is 0 Å². The molecule has 0 spiro atoms. The van der Waals surface area contributed by atoms with Crippen LogP contribution in [0.2, 0.25) is 0 Å². The highest BCUT2D eigenvalue weighted by Gasteiger charge is 2.24. The van der Waals surface area contributed by atoms with E-state index in [1.807, 2.05) is 11.8 Å². The highest BCUT2D eigenvalue weighted by atomic mass is 35.5. The fraction of sp³-hybridized carbons (Fsp3) is 0.769. The van der Waals surface area contributed by atoms with E-state index in [0.717, 1.165) is 18.8 Å². The van der Waals surface area contributed by atoms with Gasteiger partial charge in [-0.2, -0.15) is 0 Å². The van der Waals surface area contributed by atoms with E-state index in [1.54, 1.807) is 0 Å². The molecule has 2 rings (SSSR count). The molecule has 18 heavy (non-hydrogen) atoms. The number of halogens is 1. The maximum atomic E-state index is 12.2. The number of allylic oxidation sites excluding steroid dienone is 2. The molecule has 104 valence electrons. The number of thioether (sulfide) groups is 1. The molecule has 5 heteroatoms. The number of Topliss-reactive ketones (excluding diaryl/α,β-unsaturated/α-hetero) is 1. The molecule has 2 heterocycles. The zero-order valence-corrected chi connectivity index (χ0v) is 12.8. The van der Waals surface area contributed by atoms with Gasteiger partial charge in [0.25, 0.3) is 0 Å². The molecule has 0 amide bonds. The first-order valence-corrected chi connectivity index (χ1v) is 7.48. The summed E-state index contributed by atoms with van der Waals surface area (Å²) < 4.78 is 0. The molecule has 0 aromatic heterocycles. The average molecular weight is 291 g/mol. The Morgan fingerprint density at radius 3 is 2.83 bits per heavy atom. The van der Waals surface area contributed by atoms with Crippen LogP contribution in [0.25, 0.3) is 0 Å². The number of nitrogens with one attached hydrogen (secondary N) is 1. The molecule has 1 saturated heterocycles. The van der Waals surface area contributed by atoms with E-state index < -0.39 is 0 Å². The molecule has 0 bridgehead atoms. The van der Waals surface area contributed by atoms with Gasteiger partial charge in [0.2, 0.25) is 0 Å². The summed E-state index contributed by atoms with van der Waals surface area (Å²) in [5.74, 6) is 1.30. The smallest absolute Gasteiger partial charge is 0.168 e. The van der Waals surface area contributed by atoms with E-state index in [4.69, 9.17) is 0 Å². The minimum atomic E-state index is 0. The van der Waals surface area contributed by atoms with Crippen molar-refractivity contribution in [1.82, 2.24) is 10.2 Å². The first-order chi connectivity index (χ1) is 8.18. The zero-order chi connectivity index (χ0) is 12.3. The number of nitrogens with zero attached hydrogens (tertiary/aromatic N) is 1. The van der Waals surface area contributed by atoms with Gasteiger partial charge in [0.05, 0.1) is 18.5 Å². The summed E-state index contributed by atoms with van der Waals surface area (Å²) in [5.41, 5.74) is 1.27. The Morgan fingerprint density at radius 1 is 1.39 bits per heavy atom. The van der Waals surface area contributed by atoms with Gasteiger partial charge in [-0.05, 0) is 33.2 Å². The van der Waals surface area contributed by atoms with Gasteiger partial charge in [0, 0.05) is 10.6 Å². The van der Waals surface area contributed by atoms with Crippen LogP contribution in [0.1, 0.15) is 39.5 Å². The topological polar surface area (TPSA) is 32.3 Å². The lowest BCUT2D eigenvalue weighted by atomic mass is 10.1. The van der Waals surface area contributed by atoms with Gasteiger partial charge in [-0.15, -0.1) is 24.2 Å². The van der Waals surface area contributed by atoms with Crippen LogP contribution >= 0.6 is 24.2 Å². The van der Waals surface area contributed by atoms with Gasteiger partial charge in [0.1, 0.15) is 0 Å². The highest BCUT2D eigenvalue weighted by molar-refractivity contribution is 8.03. The van der Waals surface area contributed by atoms with Crippen molar-refractivity contribution < 1.29 is 4.79 Å². The summed E-state index contributed by atoms with van der Waals surface area (Å²) in [6.45, 7) is 5.82. The SMILES string of the molecule is CC1=C(C)N(CC(=O)C2CCCCCN2)CS1.Cl. The third-order valence-corrected chi connectivity index (χ3v) is 4.89. The molecule has 1 fully saturated rings. The quantitative estimate of drug-likeness (QED) is 0.866. The van der Waals surface area contributed by atoms with Gasteiger partial charge < -0.3 is 10.2 Å². The minimum absolute atomic E-state index is 0.